The Morgan fingerprint density at radius 1 is 0.946 bits per heavy atom. The number of carbonyl (C=O) groups is 2. The average Bonchev–Trinajstić information content (AvgIpc) is 3.75. The molecule has 10 nitrogen and oxygen atoms in total. The lowest BCUT2D eigenvalue weighted by Crippen LogP contribution is -2.68. The third-order valence-corrected chi connectivity index (χ3v) is 15.7. The molecule has 3 heterocycles. The summed E-state index contributed by atoms with van der Waals surface area (Å²) in [6.45, 7) is 9.92. The SMILES string of the molecule is C#CC1(CO[Si](c2ccccc2)(c2ccccc2)C(C)(C)C)OC(n2cnc3c(NC(=O)CCCCCCCCCCCCC)nc(F)nc32)CC1OC(C)=O. The van der Waals surface area contributed by atoms with Gasteiger partial charge in [-0.25, -0.2) is 4.98 Å². The Balaban J connectivity index is 1.32. The quantitative estimate of drug-likeness (QED) is 0.0312. The molecule has 56 heavy (non-hydrogen) atoms. The largest absolute Gasteiger partial charge is 0.458 e. The van der Waals surface area contributed by atoms with Crippen LogP contribution in [0.2, 0.25) is 5.04 Å². The lowest BCUT2D eigenvalue weighted by Gasteiger charge is -2.44. The highest BCUT2D eigenvalue weighted by molar-refractivity contribution is 6.99. The van der Waals surface area contributed by atoms with Gasteiger partial charge in [0, 0.05) is 19.8 Å². The van der Waals surface area contributed by atoms with E-state index in [-0.39, 0.29) is 47.4 Å². The molecule has 0 saturated carbocycles. The van der Waals surface area contributed by atoms with Gasteiger partial charge in [-0.1, -0.05) is 158 Å². The lowest BCUT2D eigenvalue weighted by molar-refractivity contribution is -0.155. The number of nitrogens with one attached hydrogen (secondary N) is 1. The molecule has 0 spiro atoms. The van der Waals surface area contributed by atoms with Gasteiger partial charge >= 0.3 is 12.0 Å². The van der Waals surface area contributed by atoms with Crippen LogP contribution in [0.1, 0.15) is 124 Å². The van der Waals surface area contributed by atoms with Crippen LogP contribution in [0.5, 0.6) is 0 Å². The van der Waals surface area contributed by atoms with Crippen LogP contribution >= 0.6 is 0 Å². The zero-order valence-electron chi connectivity index (χ0n) is 33.7. The predicted octanol–water partition coefficient (Wildman–Crippen LogP) is 8.40. The number of hydrogen-bond donors (Lipinski definition) is 1. The zero-order chi connectivity index (χ0) is 40.2. The van der Waals surface area contributed by atoms with Crippen LogP contribution in [0, 0.1) is 18.4 Å². The molecule has 3 atom stereocenters. The zero-order valence-corrected chi connectivity index (χ0v) is 34.7. The number of unbranched alkanes of at least 4 members (excludes halogenated alkanes) is 10. The number of imidazole rings is 1. The molecule has 0 aliphatic carbocycles. The molecule has 1 saturated heterocycles. The Morgan fingerprint density at radius 2 is 1.52 bits per heavy atom. The molecule has 2 aromatic heterocycles. The van der Waals surface area contributed by atoms with Crippen molar-refractivity contribution in [3.05, 3.63) is 73.1 Å². The van der Waals surface area contributed by atoms with Crippen molar-refractivity contribution in [1.82, 2.24) is 19.5 Å². The molecular weight excluding hydrogens is 726 g/mol. The second kappa shape index (κ2) is 19.6. The van der Waals surface area contributed by atoms with E-state index in [1.165, 1.54) is 69.2 Å². The third kappa shape index (κ3) is 10.1. The molecule has 300 valence electrons. The first kappa shape index (κ1) is 42.7. The number of terminal acetylenes is 1. The summed E-state index contributed by atoms with van der Waals surface area (Å²) in [4.78, 5) is 37.8. The number of esters is 1. The van der Waals surface area contributed by atoms with Gasteiger partial charge in [0.15, 0.2) is 22.6 Å². The summed E-state index contributed by atoms with van der Waals surface area (Å²) in [5.74, 6) is 1.97. The van der Waals surface area contributed by atoms with E-state index in [1.54, 1.807) is 0 Å². The van der Waals surface area contributed by atoms with E-state index in [4.69, 9.17) is 20.3 Å². The fourth-order valence-electron chi connectivity index (χ4n) is 7.86. The number of amides is 1. The van der Waals surface area contributed by atoms with Gasteiger partial charge < -0.3 is 19.2 Å². The molecule has 0 radical (unpaired) electrons. The maximum Gasteiger partial charge on any atom is 0.312 e. The second-order valence-corrected chi connectivity index (χ2v) is 20.2. The van der Waals surface area contributed by atoms with E-state index >= 15 is 4.39 Å². The third-order valence-electron chi connectivity index (χ3n) is 10.7. The Hall–Kier alpha value is -4.44. The molecule has 1 N–H and O–H groups in total. The Morgan fingerprint density at radius 3 is 2.05 bits per heavy atom. The number of fused-ring (bicyclic) bond motifs is 1. The minimum absolute atomic E-state index is 0.0212. The monoisotopic (exact) mass is 783 g/mol. The molecule has 4 aromatic rings. The Labute approximate surface area is 332 Å². The van der Waals surface area contributed by atoms with Crippen LogP contribution in [-0.4, -0.2) is 58.0 Å². The summed E-state index contributed by atoms with van der Waals surface area (Å²) in [5.41, 5.74) is -1.21. The Kier molecular flexibility index (Phi) is 15.0. The summed E-state index contributed by atoms with van der Waals surface area (Å²) in [7, 11) is -3.08. The van der Waals surface area contributed by atoms with Crippen LogP contribution in [0.4, 0.5) is 10.2 Å². The highest BCUT2D eigenvalue weighted by atomic mass is 28.4. The summed E-state index contributed by atoms with van der Waals surface area (Å²) in [6.07, 6.45) is 18.3. The number of ether oxygens (including phenoxy) is 2. The first-order chi connectivity index (χ1) is 26.9. The van der Waals surface area contributed by atoms with Crippen LogP contribution in [0.25, 0.3) is 11.2 Å². The summed E-state index contributed by atoms with van der Waals surface area (Å²) in [5, 5.41) is 4.49. The molecule has 2 aromatic carbocycles. The molecule has 12 heteroatoms. The van der Waals surface area contributed by atoms with Crippen molar-refractivity contribution in [1.29, 1.82) is 0 Å². The number of aromatic nitrogens is 4. The summed E-state index contributed by atoms with van der Waals surface area (Å²) >= 11 is 0. The number of carbonyl (C=O) groups excluding carboxylic acids is 2. The number of anilines is 1. The topological polar surface area (TPSA) is 117 Å². The number of benzene rings is 2. The van der Waals surface area contributed by atoms with Crippen molar-refractivity contribution < 1.29 is 27.9 Å². The van der Waals surface area contributed by atoms with Crippen LogP contribution < -0.4 is 15.7 Å². The van der Waals surface area contributed by atoms with E-state index in [9.17, 15) is 9.59 Å². The smallest absolute Gasteiger partial charge is 0.312 e. The van der Waals surface area contributed by atoms with Crippen LogP contribution in [0.15, 0.2) is 67.0 Å². The molecule has 1 aliphatic heterocycles. The molecular formula is C44H58FN5O5Si. The van der Waals surface area contributed by atoms with Crippen molar-refractivity contribution >= 4 is 47.5 Å². The van der Waals surface area contributed by atoms with E-state index < -0.39 is 38.3 Å². The standard InChI is InChI=1S/C44H58FN5O5Si/c1-7-9-10-11-12-13-14-15-16-17-24-29-37(52)47-40-39-41(49-42(45)48-40)50(32-46-39)38-30-36(54-33(3)51)44(8-2,55-38)31-53-56(43(4,5)6,34-25-20-18-21-26-34)35-27-22-19-23-28-35/h2,18-23,25-28,32,36,38H,7,9-17,24,29-31H2,1,3-6H3,(H,47,48,49,52). The van der Waals surface area contributed by atoms with Crippen molar-refractivity contribution in [2.75, 3.05) is 11.9 Å². The van der Waals surface area contributed by atoms with Crippen molar-refractivity contribution in [2.45, 2.75) is 141 Å². The van der Waals surface area contributed by atoms with E-state index in [0.717, 1.165) is 29.6 Å². The Bertz CT molecular complexity index is 1890. The van der Waals surface area contributed by atoms with Gasteiger partial charge in [-0.05, 0) is 21.8 Å². The maximum absolute atomic E-state index is 15.0. The lowest BCUT2D eigenvalue weighted by atomic mass is 9.98. The molecule has 1 aliphatic rings. The van der Waals surface area contributed by atoms with Gasteiger partial charge in [0.25, 0.3) is 8.32 Å². The first-order valence-electron chi connectivity index (χ1n) is 20.2. The van der Waals surface area contributed by atoms with Gasteiger partial charge in [-0.15, -0.1) is 6.42 Å². The molecule has 1 amide bonds. The van der Waals surface area contributed by atoms with E-state index in [0.29, 0.717) is 0 Å². The van der Waals surface area contributed by atoms with E-state index in [1.807, 2.05) is 36.4 Å². The fraction of sp³-hybridized carbons (Fsp3) is 0.523. The minimum Gasteiger partial charge on any atom is -0.458 e. The summed E-state index contributed by atoms with van der Waals surface area (Å²) < 4.78 is 36.3. The van der Waals surface area contributed by atoms with Gasteiger partial charge in [0.05, 0.1) is 12.9 Å². The van der Waals surface area contributed by atoms with Crippen molar-refractivity contribution in [2.24, 2.45) is 0 Å². The molecule has 3 unspecified atom stereocenters. The normalized spacial score (nSPS) is 18.5. The van der Waals surface area contributed by atoms with Gasteiger partial charge in [-0.3, -0.25) is 14.2 Å². The minimum atomic E-state index is -3.08. The predicted molar refractivity (Wildman–Crippen MR) is 220 cm³/mol. The second-order valence-electron chi connectivity index (χ2n) is 15.9. The maximum atomic E-state index is 15.0. The highest BCUT2D eigenvalue weighted by Gasteiger charge is 2.56. The molecule has 1 fully saturated rings. The molecule has 5 rings (SSSR count). The number of hydrogen-bond acceptors (Lipinski definition) is 8. The first-order valence-corrected chi connectivity index (χ1v) is 22.1. The average molecular weight is 784 g/mol. The van der Waals surface area contributed by atoms with Crippen LogP contribution in [-0.2, 0) is 23.5 Å². The fourth-order valence-corrected chi connectivity index (χ4v) is 12.4. The van der Waals surface area contributed by atoms with Gasteiger partial charge in [-0.2, -0.15) is 14.4 Å². The summed E-state index contributed by atoms with van der Waals surface area (Å²) in [6, 6.07) is 20.2. The van der Waals surface area contributed by atoms with E-state index in [2.05, 4.69) is 78.1 Å². The van der Waals surface area contributed by atoms with Gasteiger partial charge in [0.1, 0.15) is 12.3 Å². The van der Waals surface area contributed by atoms with Crippen molar-refractivity contribution in [3.63, 3.8) is 0 Å². The number of halogens is 1. The van der Waals surface area contributed by atoms with Gasteiger partial charge in [0.2, 0.25) is 5.91 Å². The molecule has 0 bridgehead atoms. The van der Waals surface area contributed by atoms with Crippen molar-refractivity contribution in [3.8, 4) is 12.3 Å². The number of nitrogens with zero attached hydrogens (tertiary/aromatic N) is 4. The number of rotatable bonds is 20. The van der Waals surface area contributed by atoms with Crippen LogP contribution in [0.3, 0.4) is 0 Å². The highest BCUT2D eigenvalue weighted by Crippen LogP contribution is 2.43.